The summed E-state index contributed by atoms with van der Waals surface area (Å²) >= 11 is 0. The van der Waals surface area contributed by atoms with Crippen molar-refractivity contribution >= 4 is 17.6 Å². The first-order valence-corrected chi connectivity index (χ1v) is 10.9. The molecule has 1 aromatic heterocycles. The minimum absolute atomic E-state index is 0.0147. The van der Waals surface area contributed by atoms with Gasteiger partial charge in [-0.05, 0) is 41.8 Å². The third kappa shape index (κ3) is 6.41. The average Bonchev–Trinajstić information content (AvgIpc) is 2.88. The van der Waals surface area contributed by atoms with Gasteiger partial charge in [0.2, 0.25) is 5.75 Å². The quantitative estimate of drug-likeness (QED) is 0.417. The lowest BCUT2D eigenvalue weighted by Crippen LogP contribution is -2.27. The molecule has 3 N–H and O–H groups in total. The summed E-state index contributed by atoms with van der Waals surface area (Å²) in [5.41, 5.74) is 9.16. The second-order valence-corrected chi connectivity index (χ2v) is 7.77. The topological polar surface area (TPSA) is 122 Å². The molecular formula is C26H29N3O6. The van der Waals surface area contributed by atoms with Gasteiger partial charge in [0.05, 0.1) is 39.3 Å². The molecule has 9 heteroatoms. The summed E-state index contributed by atoms with van der Waals surface area (Å²) in [7, 11) is 4.55. The van der Waals surface area contributed by atoms with E-state index >= 15 is 0 Å². The molecule has 0 saturated carbocycles. The van der Waals surface area contributed by atoms with Crippen LogP contribution in [-0.2, 0) is 17.8 Å². The fourth-order valence-corrected chi connectivity index (χ4v) is 3.50. The van der Waals surface area contributed by atoms with Crippen LogP contribution in [0.1, 0.15) is 40.0 Å². The van der Waals surface area contributed by atoms with Gasteiger partial charge in [0.1, 0.15) is 6.61 Å². The van der Waals surface area contributed by atoms with E-state index in [-0.39, 0.29) is 24.9 Å². The van der Waals surface area contributed by atoms with Crippen molar-refractivity contribution in [1.29, 1.82) is 0 Å². The van der Waals surface area contributed by atoms with E-state index in [2.05, 4.69) is 10.3 Å². The van der Waals surface area contributed by atoms with Gasteiger partial charge in [-0.15, -0.1) is 0 Å². The molecule has 35 heavy (non-hydrogen) atoms. The zero-order chi connectivity index (χ0) is 25.4. The molecule has 0 aliphatic heterocycles. The molecule has 1 atom stereocenters. The summed E-state index contributed by atoms with van der Waals surface area (Å²) in [5.74, 6) is 1.35. The number of nitrogens with two attached hydrogens (primary N) is 1. The highest BCUT2D eigenvalue weighted by Gasteiger charge is 2.16. The van der Waals surface area contributed by atoms with E-state index < -0.39 is 6.09 Å². The predicted octanol–water partition coefficient (Wildman–Crippen LogP) is 4.10. The number of ether oxygens (including phenoxy) is 4. The number of amides is 1. The van der Waals surface area contributed by atoms with Gasteiger partial charge in [-0.2, -0.15) is 0 Å². The third-order valence-corrected chi connectivity index (χ3v) is 5.46. The number of anilines is 1. The van der Waals surface area contributed by atoms with Crippen LogP contribution in [0.4, 0.5) is 10.5 Å². The van der Waals surface area contributed by atoms with E-state index in [9.17, 15) is 9.59 Å². The highest BCUT2D eigenvalue weighted by Crippen LogP contribution is 2.38. The molecule has 3 rings (SSSR count). The first-order valence-electron chi connectivity index (χ1n) is 10.9. The van der Waals surface area contributed by atoms with E-state index in [0.29, 0.717) is 34.1 Å². The molecular weight excluding hydrogens is 450 g/mol. The number of hydrogen-bond donors (Lipinski definition) is 2. The molecule has 0 spiro atoms. The number of benzene rings is 2. The Labute approximate surface area is 204 Å². The molecule has 0 aliphatic rings. The fourth-order valence-electron chi connectivity index (χ4n) is 3.50. The van der Waals surface area contributed by atoms with Crippen molar-refractivity contribution < 1.29 is 28.5 Å². The number of pyridine rings is 1. The number of aromatic nitrogens is 1. The molecule has 1 amide bonds. The summed E-state index contributed by atoms with van der Waals surface area (Å²) < 4.78 is 21.3. The van der Waals surface area contributed by atoms with E-state index in [1.807, 2.05) is 6.92 Å². The second kappa shape index (κ2) is 11.7. The molecule has 184 valence electrons. The number of Topliss-reactive ketones (excluding diaryl/α,β-unsaturated/α-hetero) is 1. The van der Waals surface area contributed by atoms with Crippen molar-refractivity contribution in [2.24, 2.45) is 0 Å². The first-order chi connectivity index (χ1) is 16.9. The molecule has 3 aromatic rings. The van der Waals surface area contributed by atoms with Gasteiger partial charge in [0.25, 0.3) is 0 Å². The van der Waals surface area contributed by atoms with Crippen molar-refractivity contribution in [3.63, 3.8) is 0 Å². The van der Waals surface area contributed by atoms with Crippen LogP contribution in [0, 0.1) is 0 Å². The molecule has 1 unspecified atom stereocenters. The van der Waals surface area contributed by atoms with Crippen LogP contribution >= 0.6 is 0 Å². The third-order valence-electron chi connectivity index (χ3n) is 5.46. The number of methoxy groups -OCH3 is 3. The molecule has 2 aromatic carbocycles. The van der Waals surface area contributed by atoms with E-state index in [1.54, 1.807) is 48.7 Å². The monoisotopic (exact) mass is 479 g/mol. The Balaban J connectivity index is 1.57. The number of alkyl carbamates (subject to hydrolysis) is 1. The normalized spacial score (nSPS) is 11.3. The van der Waals surface area contributed by atoms with Gasteiger partial charge in [0, 0.05) is 18.2 Å². The Kier molecular flexibility index (Phi) is 8.50. The van der Waals surface area contributed by atoms with E-state index in [1.165, 1.54) is 27.5 Å². The molecule has 0 bridgehead atoms. The number of nitrogens with zero attached hydrogens (tertiary/aromatic N) is 1. The average molecular weight is 480 g/mol. The number of nitrogens with one attached hydrogen (secondary N) is 1. The number of carbonyl (C=O) groups excluding carboxylic acids is 2. The van der Waals surface area contributed by atoms with Gasteiger partial charge >= 0.3 is 6.09 Å². The number of nitrogen functional groups attached to an aromatic ring is 1. The van der Waals surface area contributed by atoms with Crippen molar-refractivity contribution in [1.82, 2.24) is 10.3 Å². The molecule has 0 aliphatic carbocycles. The lowest BCUT2D eigenvalue weighted by atomic mass is 10.00. The number of carbonyl (C=O) groups is 2. The van der Waals surface area contributed by atoms with Crippen molar-refractivity contribution in [2.45, 2.75) is 26.0 Å². The molecule has 0 radical (unpaired) electrons. The van der Waals surface area contributed by atoms with Crippen LogP contribution < -0.4 is 25.3 Å². The number of ketones is 1. The standard InChI is InChI=1S/C26H29N3O6/c1-16(18-5-7-19(8-6-18)22(30)13-20-9-10-28-14-21(20)27)29-26(31)35-15-17-11-23(32-2)25(34-4)24(12-17)33-3/h5-12,14,16H,13,15,27H2,1-4H3,(H,29,31). The van der Waals surface area contributed by atoms with Crippen LogP contribution in [0.15, 0.2) is 54.9 Å². The Morgan fingerprint density at radius 3 is 2.23 bits per heavy atom. The van der Waals surface area contributed by atoms with Crippen LogP contribution in [0.5, 0.6) is 17.2 Å². The Morgan fingerprint density at radius 1 is 1.00 bits per heavy atom. The second-order valence-electron chi connectivity index (χ2n) is 7.77. The Bertz CT molecular complexity index is 1150. The molecule has 0 saturated heterocycles. The highest BCUT2D eigenvalue weighted by atomic mass is 16.5. The number of rotatable bonds is 10. The summed E-state index contributed by atoms with van der Waals surface area (Å²) in [5, 5.41) is 2.79. The van der Waals surface area contributed by atoms with Crippen molar-refractivity contribution in [3.05, 3.63) is 77.1 Å². The largest absolute Gasteiger partial charge is 0.493 e. The minimum Gasteiger partial charge on any atom is -0.493 e. The van der Waals surface area contributed by atoms with Crippen LogP contribution in [0.3, 0.4) is 0 Å². The smallest absolute Gasteiger partial charge is 0.407 e. The zero-order valence-electron chi connectivity index (χ0n) is 20.2. The van der Waals surface area contributed by atoms with E-state index in [4.69, 9.17) is 24.7 Å². The van der Waals surface area contributed by atoms with Gasteiger partial charge in [-0.1, -0.05) is 24.3 Å². The highest BCUT2D eigenvalue weighted by molar-refractivity contribution is 5.98. The predicted molar refractivity (Wildman–Crippen MR) is 131 cm³/mol. The molecule has 9 nitrogen and oxygen atoms in total. The molecule has 1 heterocycles. The van der Waals surface area contributed by atoms with Gasteiger partial charge < -0.3 is 30.0 Å². The summed E-state index contributed by atoms with van der Waals surface area (Å²) in [6.45, 7) is 1.84. The number of hydrogen-bond acceptors (Lipinski definition) is 8. The van der Waals surface area contributed by atoms with Gasteiger partial charge in [-0.3, -0.25) is 9.78 Å². The van der Waals surface area contributed by atoms with Crippen molar-refractivity contribution in [2.75, 3.05) is 27.1 Å². The van der Waals surface area contributed by atoms with Crippen LogP contribution in [-0.4, -0.2) is 38.2 Å². The summed E-state index contributed by atoms with van der Waals surface area (Å²) in [6.07, 6.45) is 2.74. The zero-order valence-corrected chi connectivity index (χ0v) is 20.2. The lowest BCUT2D eigenvalue weighted by Gasteiger charge is -2.16. The minimum atomic E-state index is -0.584. The molecule has 0 fully saturated rings. The summed E-state index contributed by atoms with van der Waals surface area (Å²) in [4.78, 5) is 28.9. The van der Waals surface area contributed by atoms with E-state index in [0.717, 1.165) is 11.1 Å². The Hall–Kier alpha value is -4.27. The Morgan fingerprint density at radius 2 is 1.66 bits per heavy atom. The van der Waals surface area contributed by atoms with Crippen LogP contribution in [0.2, 0.25) is 0 Å². The van der Waals surface area contributed by atoms with Gasteiger partial charge in [0.15, 0.2) is 17.3 Å². The van der Waals surface area contributed by atoms with Crippen molar-refractivity contribution in [3.8, 4) is 17.2 Å². The maximum absolute atomic E-state index is 12.6. The van der Waals surface area contributed by atoms with Gasteiger partial charge in [-0.25, -0.2) is 4.79 Å². The summed E-state index contributed by atoms with van der Waals surface area (Å²) in [6, 6.07) is 11.9. The SMILES string of the molecule is COc1cc(COC(=O)NC(C)c2ccc(C(=O)Cc3ccncc3N)cc2)cc(OC)c1OC. The maximum atomic E-state index is 12.6. The first kappa shape index (κ1) is 25.4. The maximum Gasteiger partial charge on any atom is 0.407 e. The fraction of sp³-hybridized carbons (Fsp3) is 0.269. The lowest BCUT2D eigenvalue weighted by molar-refractivity contribution is 0.0993. The van der Waals surface area contributed by atoms with Crippen LogP contribution in [0.25, 0.3) is 0 Å².